The molecule has 2 atom stereocenters. The highest BCUT2D eigenvalue weighted by atomic mass is 16.5. The fourth-order valence-corrected chi connectivity index (χ4v) is 6.25. The first kappa shape index (κ1) is 40.0. The van der Waals surface area contributed by atoms with Crippen molar-refractivity contribution < 1.29 is 38.2 Å². The SMILES string of the molecule is COc1cc(C(=O)N2Cc3ccccc3CC2CNC=O)c(OCc2ccc(NC(=O)C(C)CNC(=O)CCCCC=O)cc2)cc1OCc1ccccc1. The number of methoxy groups -OCH3 is 1. The average Bonchev–Trinajstić information content (AvgIpc) is 3.22. The Morgan fingerprint density at radius 2 is 1.53 bits per heavy atom. The predicted molar refractivity (Wildman–Crippen MR) is 208 cm³/mol. The third-order valence-electron chi connectivity index (χ3n) is 9.43. The molecule has 0 saturated heterocycles. The van der Waals surface area contributed by atoms with E-state index in [0.717, 1.165) is 28.5 Å². The summed E-state index contributed by atoms with van der Waals surface area (Å²) in [5.74, 6) is -0.0618. The average molecular weight is 749 g/mol. The summed E-state index contributed by atoms with van der Waals surface area (Å²) in [5, 5.41) is 8.41. The zero-order valence-electron chi connectivity index (χ0n) is 31.3. The standard InChI is InChI=1S/C43H48N4O8/c1-30(24-45-41(50)15-7-4-10-20-48)42(51)46-35-18-16-32(17-19-35)28-54-38-23-40(55-27-31-11-5-3-6-12-31)39(53-2)22-37(38)43(52)47-26-34-14-9-8-13-33(34)21-36(47)25-44-29-49/h3,5-6,8-9,11-14,16-20,22-23,29-30,36H,4,7,10,15,21,24-28H2,1-2H3,(H,44,49)(H,45,50)(H,46,51). The molecule has 0 spiro atoms. The van der Waals surface area contributed by atoms with Gasteiger partial charge in [-0.2, -0.15) is 0 Å². The maximum Gasteiger partial charge on any atom is 0.258 e. The van der Waals surface area contributed by atoms with E-state index >= 15 is 0 Å². The van der Waals surface area contributed by atoms with Gasteiger partial charge in [0, 0.05) is 50.3 Å². The summed E-state index contributed by atoms with van der Waals surface area (Å²) in [6.45, 7) is 2.95. The Balaban J connectivity index is 1.31. The van der Waals surface area contributed by atoms with E-state index in [1.165, 1.54) is 7.11 Å². The first-order valence-electron chi connectivity index (χ1n) is 18.5. The van der Waals surface area contributed by atoms with Gasteiger partial charge in [0.1, 0.15) is 25.2 Å². The Kier molecular flexibility index (Phi) is 14.8. The number of ether oxygens (including phenoxy) is 3. The highest BCUT2D eigenvalue weighted by molar-refractivity contribution is 5.98. The molecule has 0 aliphatic carbocycles. The quantitative estimate of drug-likeness (QED) is 0.0779. The first-order chi connectivity index (χ1) is 26.8. The minimum absolute atomic E-state index is 0.104. The van der Waals surface area contributed by atoms with Gasteiger partial charge in [-0.1, -0.05) is 73.7 Å². The molecule has 288 valence electrons. The lowest BCUT2D eigenvalue weighted by atomic mass is 9.93. The Labute approximate surface area is 321 Å². The van der Waals surface area contributed by atoms with Crippen LogP contribution in [0.2, 0.25) is 0 Å². The maximum atomic E-state index is 14.5. The van der Waals surface area contributed by atoms with Crippen LogP contribution in [0.25, 0.3) is 0 Å². The van der Waals surface area contributed by atoms with Crippen LogP contribution in [0.1, 0.15) is 65.2 Å². The fraction of sp³-hybridized carbons (Fsp3) is 0.326. The molecule has 1 aliphatic rings. The summed E-state index contributed by atoms with van der Waals surface area (Å²) in [6, 6.07) is 27.8. The number of rotatable bonds is 20. The van der Waals surface area contributed by atoms with E-state index in [1.807, 2.05) is 66.7 Å². The van der Waals surface area contributed by atoms with Crippen molar-refractivity contribution in [2.45, 2.75) is 64.8 Å². The van der Waals surface area contributed by atoms with Crippen LogP contribution < -0.4 is 30.2 Å². The molecule has 0 aromatic heterocycles. The molecule has 1 aliphatic heterocycles. The van der Waals surface area contributed by atoms with Gasteiger partial charge in [0.05, 0.1) is 24.6 Å². The summed E-state index contributed by atoms with van der Waals surface area (Å²) < 4.78 is 18.3. The van der Waals surface area contributed by atoms with Gasteiger partial charge in [-0.25, -0.2) is 0 Å². The molecule has 0 saturated carbocycles. The van der Waals surface area contributed by atoms with Crippen molar-refractivity contribution in [1.82, 2.24) is 15.5 Å². The van der Waals surface area contributed by atoms with Crippen molar-refractivity contribution in [1.29, 1.82) is 0 Å². The van der Waals surface area contributed by atoms with Gasteiger partial charge >= 0.3 is 0 Å². The molecule has 0 bridgehead atoms. The lowest BCUT2D eigenvalue weighted by Gasteiger charge is -2.37. The van der Waals surface area contributed by atoms with Crippen LogP contribution in [0, 0.1) is 5.92 Å². The normalized spacial score (nSPS) is 13.8. The number of aldehydes is 1. The second-order valence-corrected chi connectivity index (χ2v) is 13.5. The maximum absolute atomic E-state index is 14.5. The summed E-state index contributed by atoms with van der Waals surface area (Å²) in [6.07, 6.45) is 4.08. The molecule has 12 nitrogen and oxygen atoms in total. The molecule has 12 heteroatoms. The van der Waals surface area contributed by atoms with Gasteiger partial charge in [-0.3, -0.25) is 19.2 Å². The lowest BCUT2D eigenvalue weighted by molar-refractivity contribution is -0.122. The Bertz CT molecular complexity index is 1920. The Morgan fingerprint density at radius 1 is 0.836 bits per heavy atom. The number of unbranched alkanes of at least 4 members (excludes halogenated alkanes) is 2. The topological polar surface area (TPSA) is 152 Å². The number of hydrogen-bond acceptors (Lipinski definition) is 8. The van der Waals surface area contributed by atoms with Crippen LogP contribution >= 0.6 is 0 Å². The number of fused-ring (bicyclic) bond motifs is 1. The van der Waals surface area contributed by atoms with E-state index in [0.29, 0.717) is 68.0 Å². The van der Waals surface area contributed by atoms with E-state index in [9.17, 15) is 24.0 Å². The summed E-state index contributed by atoms with van der Waals surface area (Å²) >= 11 is 0. The second kappa shape index (κ2) is 20.3. The molecular formula is C43H48N4O8. The van der Waals surface area contributed by atoms with E-state index in [4.69, 9.17) is 14.2 Å². The first-order valence-corrected chi connectivity index (χ1v) is 18.5. The molecule has 1 heterocycles. The summed E-state index contributed by atoms with van der Waals surface area (Å²) in [4.78, 5) is 62.9. The Morgan fingerprint density at radius 3 is 2.24 bits per heavy atom. The Hall–Kier alpha value is -6.17. The van der Waals surface area contributed by atoms with E-state index in [-0.39, 0.29) is 55.6 Å². The van der Waals surface area contributed by atoms with Crippen molar-refractivity contribution in [2.24, 2.45) is 5.92 Å². The van der Waals surface area contributed by atoms with Crippen molar-refractivity contribution in [2.75, 3.05) is 25.5 Å². The molecule has 0 radical (unpaired) electrons. The van der Waals surface area contributed by atoms with Crippen molar-refractivity contribution in [3.8, 4) is 17.2 Å². The number of carbonyl (C=O) groups is 5. The van der Waals surface area contributed by atoms with Crippen molar-refractivity contribution in [3.63, 3.8) is 0 Å². The molecular weight excluding hydrogens is 700 g/mol. The zero-order valence-corrected chi connectivity index (χ0v) is 31.3. The largest absolute Gasteiger partial charge is 0.493 e. The number of nitrogens with one attached hydrogen (secondary N) is 3. The van der Waals surface area contributed by atoms with Crippen LogP contribution in [-0.2, 0) is 45.4 Å². The smallest absolute Gasteiger partial charge is 0.258 e. The summed E-state index contributed by atoms with van der Waals surface area (Å²) in [7, 11) is 1.52. The van der Waals surface area contributed by atoms with Crippen LogP contribution in [0.4, 0.5) is 5.69 Å². The van der Waals surface area contributed by atoms with Crippen LogP contribution in [0.3, 0.4) is 0 Å². The number of amides is 4. The van der Waals surface area contributed by atoms with E-state index in [1.54, 1.807) is 36.1 Å². The third-order valence-corrected chi connectivity index (χ3v) is 9.43. The summed E-state index contributed by atoms with van der Waals surface area (Å²) in [5.41, 5.74) is 4.77. The minimum Gasteiger partial charge on any atom is -0.493 e. The van der Waals surface area contributed by atoms with Gasteiger partial charge in [0.2, 0.25) is 18.2 Å². The molecule has 2 unspecified atom stereocenters. The number of hydrogen-bond donors (Lipinski definition) is 3. The van der Waals surface area contributed by atoms with Gasteiger partial charge < -0.3 is 39.9 Å². The van der Waals surface area contributed by atoms with Gasteiger partial charge in [0.25, 0.3) is 5.91 Å². The van der Waals surface area contributed by atoms with Crippen LogP contribution in [-0.4, -0.2) is 61.6 Å². The molecule has 55 heavy (non-hydrogen) atoms. The molecule has 4 aromatic carbocycles. The van der Waals surface area contributed by atoms with E-state index < -0.39 is 5.92 Å². The van der Waals surface area contributed by atoms with Gasteiger partial charge in [0.15, 0.2) is 11.5 Å². The van der Waals surface area contributed by atoms with Crippen LogP contribution in [0.15, 0.2) is 91.0 Å². The van der Waals surface area contributed by atoms with E-state index in [2.05, 4.69) is 16.0 Å². The highest BCUT2D eigenvalue weighted by Gasteiger charge is 2.32. The number of anilines is 1. The number of benzene rings is 4. The molecule has 3 N–H and O–H groups in total. The molecule has 4 amide bonds. The molecule has 5 rings (SSSR count). The van der Waals surface area contributed by atoms with Gasteiger partial charge in [-0.15, -0.1) is 0 Å². The molecule has 4 aromatic rings. The fourth-order valence-electron chi connectivity index (χ4n) is 6.25. The third kappa shape index (κ3) is 11.4. The second-order valence-electron chi connectivity index (χ2n) is 13.5. The van der Waals surface area contributed by atoms with Crippen molar-refractivity contribution in [3.05, 3.63) is 119 Å². The number of carbonyl (C=O) groups excluding carboxylic acids is 5. The molecule has 0 fully saturated rings. The lowest BCUT2D eigenvalue weighted by Crippen LogP contribution is -2.49. The minimum atomic E-state index is -0.464. The van der Waals surface area contributed by atoms with Gasteiger partial charge in [-0.05, 0) is 53.6 Å². The monoisotopic (exact) mass is 748 g/mol. The van der Waals surface area contributed by atoms with Crippen LogP contribution in [0.5, 0.6) is 17.2 Å². The number of nitrogens with zero attached hydrogens (tertiary/aromatic N) is 1. The zero-order chi connectivity index (χ0) is 39.0. The van der Waals surface area contributed by atoms with Crippen molar-refractivity contribution >= 4 is 36.1 Å². The highest BCUT2D eigenvalue weighted by Crippen LogP contribution is 2.38. The predicted octanol–water partition coefficient (Wildman–Crippen LogP) is 5.62.